The van der Waals surface area contributed by atoms with Crippen LogP contribution in [0.1, 0.15) is 56.3 Å². The molecule has 5 heterocycles. The van der Waals surface area contributed by atoms with Crippen LogP contribution in [0.2, 0.25) is 0 Å². The van der Waals surface area contributed by atoms with Crippen LogP contribution in [-0.4, -0.2) is 127 Å². The van der Waals surface area contributed by atoms with Crippen LogP contribution in [0.4, 0.5) is 23.4 Å². The minimum atomic E-state index is -4.65. The Morgan fingerprint density at radius 3 is 2.51 bits per heavy atom. The lowest BCUT2D eigenvalue weighted by molar-refractivity contribution is -0.143. The number of carbonyl (C=O) groups is 1. The van der Waals surface area contributed by atoms with Gasteiger partial charge in [0.15, 0.2) is 5.82 Å². The molecular formula is C31H42F4N8O5S. The SMILES string of the molecule is CC(C)N(CC(F)(F)F)C(=O)c1cc(F)ccc1Oc1nncnc1N1CC2(CCN(C[C@H]3CC[C@H](NS(=O)(=O)N4CCC4)CO3)CC2)C1. The number of hydrogen-bond acceptors (Lipinski definition) is 10. The Balaban J connectivity index is 1.02. The van der Waals surface area contributed by atoms with E-state index in [9.17, 15) is 30.8 Å². The van der Waals surface area contributed by atoms with E-state index in [0.29, 0.717) is 43.5 Å². The summed E-state index contributed by atoms with van der Waals surface area (Å²) in [5.74, 6) is -1.65. The molecule has 0 saturated carbocycles. The smallest absolute Gasteiger partial charge is 0.406 e. The Morgan fingerprint density at radius 2 is 1.90 bits per heavy atom. The number of likely N-dealkylation sites (tertiary alicyclic amines) is 1. The highest BCUT2D eigenvalue weighted by Gasteiger charge is 2.47. The maximum Gasteiger partial charge on any atom is 0.406 e. The van der Waals surface area contributed by atoms with Crippen molar-refractivity contribution in [2.45, 2.75) is 70.3 Å². The zero-order valence-corrected chi connectivity index (χ0v) is 28.3. The Hall–Kier alpha value is -3.19. The van der Waals surface area contributed by atoms with Gasteiger partial charge in [-0.3, -0.25) is 4.79 Å². The van der Waals surface area contributed by atoms with Crippen LogP contribution in [-0.2, 0) is 14.9 Å². The topological polar surface area (TPSA) is 133 Å². The van der Waals surface area contributed by atoms with E-state index in [0.717, 1.165) is 63.9 Å². The monoisotopic (exact) mass is 714 g/mol. The quantitative estimate of drug-likeness (QED) is 0.346. The van der Waals surface area contributed by atoms with Crippen molar-refractivity contribution in [1.82, 2.24) is 34.0 Å². The molecule has 6 rings (SSSR count). The van der Waals surface area contributed by atoms with E-state index in [1.807, 2.05) is 4.90 Å². The van der Waals surface area contributed by atoms with Gasteiger partial charge in [-0.15, -0.1) is 10.2 Å². The predicted octanol–water partition coefficient (Wildman–Crippen LogP) is 3.21. The van der Waals surface area contributed by atoms with Crippen LogP contribution in [0, 0.1) is 11.2 Å². The van der Waals surface area contributed by atoms with Crippen molar-refractivity contribution in [3.05, 3.63) is 35.9 Å². The third-order valence-corrected chi connectivity index (χ3v) is 11.4. The zero-order chi connectivity index (χ0) is 35.0. The Bertz CT molecular complexity index is 1590. The van der Waals surface area contributed by atoms with Crippen molar-refractivity contribution < 1.29 is 40.2 Å². The molecule has 4 saturated heterocycles. The van der Waals surface area contributed by atoms with Gasteiger partial charge in [0.1, 0.15) is 24.4 Å². The Labute approximate surface area is 283 Å². The maximum atomic E-state index is 14.3. The van der Waals surface area contributed by atoms with Crippen molar-refractivity contribution in [1.29, 1.82) is 0 Å². The molecule has 1 spiro atoms. The lowest BCUT2D eigenvalue weighted by Gasteiger charge is -2.54. The number of piperidine rings is 1. The lowest BCUT2D eigenvalue weighted by atomic mass is 9.72. The summed E-state index contributed by atoms with van der Waals surface area (Å²) in [6.45, 7) is 6.80. The van der Waals surface area contributed by atoms with Gasteiger partial charge in [-0.1, -0.05) is 0 Å². The average Bonchev–Trinajstić information content (AvgIpc) is 2.99. The molecule has 0 radical (unpaired) electrons. The van der Waals surface area contributed by atoms with Crippen LogP contribution >= 0.6 is 0 Å². The number of nitrogens with zero attached hydrogens (tertiary/aromatic N) is 7. The van der Waals surface area contributed by atoms with Gasteiger partial charge in [0.25, 0.3) is 22.0 Å². The zero-order valence-electron chi connectivity index (χ0n) is 27.5. The Kier molecular flexibility index (Phi) is 10.3. The van der Waals surface area contributed by atoms with Crippen molar-refractivity contribution in [3.8, 4) is 11.6 Å². The number of amides is 1. The summed E-state index contributed by atoms with van der Waals surface area (Å²) in [6.07, 6.45) is 0.975. The number of hydrogen-bond donors (Lipinski definition) is 1. The van der Waals surface area contributed by atoms with Gasteiger partial charge in [0, 0.05) is 50.2 Å². The first-order valence-corrected chi connectivity index (χ1v) is 18.0. The molecule has 1 aromatic heterocycles. The molecule has 2 atom stereocenters. The first-order valence-electron chi connectivity index (χ1n) is 16.6. The fraction of sp³-hybridized carbons (Fsp3) is 0.677. The number of anilines is 1. The molecule has 2 aromatic rings. The summed E-state index contributed by atoms with van der Waals surface area (Å²) in [4.78, 5) is 22.6. The molecule has 0 bridgehead atoms. The third-order valence-electron chi connectivity index (χ3n) is 9.76. The highest BCUT2D eigenvalue weighted by atomic mass is 32.2. The number of carbonyl (C=O) groups excluding carboxylic acids is 1. The van der Waals surface area contributed by atoms with Gasteiger partial charge >= 0.3 is 6.18 Å². The molecule has 0 aliphatic carbocycles. The van der Waals surface area contributed by atoms with Crippen molar-refractivity contribution >= 4 is 21.9 Å². The van der Waals surface area contributed by atoms with E-state index in [4.69, 9.17) is 9.47 Å². The van der Waals surface area contributed by atoms with Crippen LogP contribution in [0.5, 0.6) is 11.6 Å². The molecule has 0 unspecified atom stereocenters. The molecule has 49 heavy (non-hydrogen) atoms. The summed E-state index contributed by atoms with van der Waals surface area (Å²) in [7, 11) is -3.43. The summed E-state index contributed by atoms with van der Waals surface area (Å²) >= 11 is 0. The highest BCUT2D eigenvalue weighted by molar-refractivity contribution is 7.87. The molecule has 1 N–H and O–H groups in total. The van der Waals surface area contributed by atoms with Crippen LogP contribution in [0.3, 0.4) is 0 Å². The van der Waals surface area contributed by atoms with E-state index in [2.05, 4.69) is 24.8 Å². The number of halogens is 4. The van der Waals surface area contributed by atoms with E-state index >= 15 is 0 Å². The lowest BCUT2D eigenvalue weighted by Crippen LogP contribution is -2.61. The second-order valence-corrected chi connectivity index (χ2v) is 15.4. The van der Waals surface area contributed by atoms with E-state index < -0.39 is 40.7 Å². The van der Waals surface area contributed by atoms with Crippen LogP contribution in [0.15, 0.2) is 24.5 Å². The van der Waals surface area contributed by atoms with Gasteiger partial charge in [-0.25, -0.2) is 9.37 Å². The number of benzene rings is 1. The summed E-state index contributed by atoms with van der Waals surface area (Å²) < 4.78 is 95.0. The van der Waals surface area contributed by atoms with E-state index in [-0.39, 0.29) is 34.8 Å². The van der Waals surface area contributed by atoms with Gasteiger partial charge in [-0.05, 0) is 77.2 Å². The molecule has 4 fully saturated rings. The second-order valence-electron chi connectivity index (χ2n) is 13.7. The largest absolute Gasteiger partial charge is 0.434 e. The van der Waals surface area contributed by atoms with E-state index in [1.165, 1.54) is 30.5 Å². The van der Waals surface area contributed by atoms with Crippen molar-refractivity contribution in [3.63, 3.8) is 0 Å². The molecular weight excluding hydrogens is 672 g/mol. The highest BCUT2D eigenvalue weighted by Crippen LogP contribution is 2.44. The molecule has 4 aliphatic heterocycles. The molecule has 13 nitrogen and oxygen atoms in total. The molecule has 1 amide bonds. The van der Waals surface area contributed by atoms with Gasteiger partial charge < -0.3 is 24.2 Å². The van der Waals surface area contributed by atoms with Gasteiger partial charge in [0.05, 0.1) is 18.3 Å². The van der Waals surface area contributed by atoms with Crippen molar-refractivity contribution in [2.24, 2.45) is 5.41 Å². The van der Waals surface area contributed by atoms with Crippen LogP contribution in [0.25, 0.3) is 0 Å². The maximum absolute atomic E-state index is 14.3. The average molecular weight is 715 g/mol. The second kappa shape index (κ2) is 14.2. The fourth-order valence-corrected chi connectivity index (χ4v) is 8.32. The summed E-state index contributed by atoms with van der Waals surface area (Å²) in [5.41, 5.74) is -0.314. The summed E-state index contributed by atoms with van der Waals surface area (Å²) in [6, 6.07) is 2.07. The standard InChI is InChI=1S/C31H42F4N8O5S/c1-21(2)43(19-31(33,34)35)29(44)25-14-22(32)4-7-26(25)48-28-27(36-20-37-38-28)41-17-30(18-41)8-12-40(13-9-30)15-24-6-5-23(16-47-24)39-49(45,46)42-10-3-11-42/h4,7,14,20-21,23-24,39H,3,5-6,8-13,15-19H2,1-2H3/t23-,24+/m0/s1. The molecule has 1 aromatic carbocycles. The normalized spacial score (nSPS) is 23.3. The first-order chi connectivity index (χ1) is 23.2. The number of alkyl halides is 3. The molecule has 18 heteroatoms. The number of rotatable bonds is 11. The fourth-order valence-electron chi connectivity index (χ4n) is 6.82. The third kappa shape index (κ3) is 8.41. The first kappa shape index (κ1) is 35.6. The predicted molar refractivity (Wildman–Crippen MR) is 170 cm³/mol. The minimum absolute atomic E-state index is 0.0396. The number of nitrogens with one attached hydrogen (secondary N) is 1. The number of ether oxygens (including phenoxy) is 2. The van der Waals surface area contributed by atoms with Gasteiger partial charge in [-0.2, -0.15) is 30.6 Å². The summed E-state index contributed by atoms with van der Waals surface area (Å²) in [5, 5.41) is 7.86. The van der Waals surface area contributed by atoms with Crippen molar-refractivity contribution in [2.75, 3.05) is 63.9 Å². The number of aromatic nitrogens is 3. The minimum Gasteiger partial charge on any atom is -0.434 e. The molecule has 4 aliphatic rings. The molecule has 270 valence electrons. The van der Waals surface area contributed by atoms with Crippen LogP contribution < -0.4 is 14.4 Å². The Morgan fingerprint density at radius 1 is 1.16 bits per heavy atom. The van der Waals surface area contributed by atoms with E-state index in [1.54, 1.807) is 0 Å². The van der Waals surface area contributed by atoms with Gasteiger partial charge in [0.2, 0.25) is 0 Å².